The van der Waals surface area contributed by atoms with Crippen molar-refractivity contribution in [3.05, 3.63) is 30.7 Å². The lowest BCUT2D eigenvalue weighted by Gasteiger charge is -2.28. The first-order valence-electron chi connectivity index (χ1n) is 6.99. The Morgan fingerprint density at radius 2 is 2.05 bits per heavy atom. The van der Waals surface area contributed by atoms with Gasteiger partial charge in [-0.25, -0.2) is 9.97 Å². The maximum Gasteiger partial charge on any atom is 0.181 e. The zero-order valence-electron chi connectivity index (χ0n) is 11.5. The number of pyridine rings is 1. The predicted octanol–water partition coefficient (Wildman–Crippen LogP) is 0.824. The fourth-order valence-corrected chi connectivity index (χ4v) is 2.57. The highest BCUT2D eigenvalue weighted by Crippen LogP contribution is 2.24. The summed E-state index contributed by atoms with van der Waals surface area (Å²) in [6.45, 7) is 3.85. The molecule has 1 aliphatic heterocycles. The van der Waals surface area contributed by atoms with Crippen molar-refractivity contribution < 1.29 is 0 Å². The number of nitrogens with one attached hydrogen (secondary N) is 2. The molecule has 0 unspecified atom stereocenters. The van der Waals surface area contributed by atoms with Crippen molar-refractivity contribution in [1.29, 1.82) is 0 Å². The van der Waals surface area contributed by atoms with Crippen molar-refractivity contribution in [2.24, 2.45) is 0 Å². The van der Waals surface area contributed by atoms with E-state index in [1.165, 1.54) is 0 Å². The average Bonchev–Trinajstić information content (AvgIpc) is 3.00. The molecule has 1 saturated heterocycles. The molecule has 0 saturated carbocycles. The van der Waals surface area contributed by atoms with Gasteiger partial charge in [0.25, 0.3) is 0 Å². The van der Waals surface area contributed by atoms with Crippen molar-refractivity contribution in [3.63, 3.8) is 0 Å². The van der Waals surface area contributed by atoms with Crippen LogP contribution in [0.2, 0.25) is 0 Å². The van der Waals surface area contributed by atoms with E-state index >= 15 is 0 Å². The second-order valence-electron chi connectivity index (χ2n) is 4.97. The van der Waals surface area contributed by atoms with Crippen molar-refractivity contribution >= 4 is 16.9 Å². The van der Waals surface area contributed by atoms with Gasteiger partial charge in [0.2, 0.25) is 0 Å². The molecule has 1 fully saturated rings. The Balaban J connectivity index is 1.75. The van der Waals surface area contributed by atoms with Crippen molar-refractivity contribution in [2.75, 3.05) is 31.1 Å². The minimum atomic E-state index is 0.696. The largest absolute Gasteiger partial charge is 0.353 e. The van der Waals surface area contributed by atoms with Gasteiger partial charge in [0.05, 0.1) is 18.1 Å². The van der Waals surface area contributed by atoms with E-state index < -0.39 is 0 Å². The summed E-state index contributed by atoms with van der Waals surface area (Å²) < 4.78 is 0. The molecule has 0 amide bonds. The summed E-state index contributed by atoms with van der Waals surface area (Å²) in [7, 11) is 0. The van der Waals surface area contributed by atoms with Crippen LogP contribution < -0.4 is 10.2 Å². The zero-order chi connectivity index (χ0) is 14.1. The number of hydrogen-bond donors (Lipinski definition) is 2. The van der Waals surface area contributed by atoms with Gasteiger partial charge in [-0.3, -0.25) is 10.1 Å². The molecule has 7 nitrogen and oxygen atoms in total. The third-order valence-corrected chi connectivity index (χ3v) is 3.65. The lowest BCUT2D eigenvalue weighted by Crippen LogP contribution is -2.43. The first-order chi connectivity index (χ1) is 10.4. The molecule has 4 heterocycles. The first-order valence-corrected chi connectivity index (χ1v) is 6.99. The van der Waals surface area contributed by atoms with Gasteiger partial charge < -0.3 is 10.2 Å². The van der Waals surface area contributed by atoms with E-state index in [0.717, 1.165) is 48.8 Å². The SMILES string of the molecule is c1cnc2n[nH]c(-c3cncc(N4CCNCC4)n3)c2c1. The molecule has 0 spiro atoms. The summed E-state index contributed by atoms with van der Waals surface area (Å²) >= 11 is 0. The van der Waals surface area contributed by atoms with Gasteiger partial charge >= 0.3 is 0 Å². The monoisotopic (exact) mass is 281 g/mol. The van der Waals surface area contributed by atoms with E-state index in [1.807, 2.05) is 18.3 Å². The number of piperazine rings is 1. The minimum absolute atomic E-state index is 0.696. The minimum Gasteiger partial charge on any atom is -0.353 e. The van der Waals surface area contributed by atoms with Gasteiger partial charge in [-0.2, -0.15) is 5.10 Å². The quantitative estimate of drug-likeness (QED) is 0.724. The number of aromatic amines is 1. The van der Waals surface area contributed by atoms with E-state index in [-0.39, 0.29) is 0 Å². The average molecular weight is 281 g/mol. The smallest absolute Gasteiger partial charge is 0.181 e. The number of aromatic nitrogens is 5. The summed E-state index contributed by atoms with van der Waals surface area (Å²) in [4.78, 5) is 15.5. The third-order valence-electron chi connectivity index (χ3n) is 3.65. The highest BCUT2D eigenvalue weighted by Gasteiger charge is 2.15. The molecule has 0 bridgehead atoms. The topological polar surface area (TPSA) is 82.6 Å². The van der Waals surface area contributed by atoms with Crippen LogP contribution >= 0.6 is 0 Å². The van der Waals surface area contributed by atoms with Gasteiger partial charge in [-0.1, -0.05) is 0 Å². The summed E-state index contributed by atoms with van der Waals surface area (Å²) in [5.74, 6) is 0.903. The van der Waals surface area contributed by atoms with Crippen LogP contribution in [0.15, 0.2) is 30.7 Å². The number of hydrogen-bond acceptors (Lipinski definition) is 6. The lowest BCUT2D eigenvalue weighted by atomic mass is 10.2. The molecule has 0 aliphatic carbocycles. The molecule has 0 radical (unpaired) electrons. The Kier molecular flexibility index (Phi) is 2.97. The molecule has 0 atom stereocenters. The lowest BCUT2D eigenvalue weighted by molar-refractivity contribution is 0.584. The standard InChI is InChI=1S/C14H15N7/c1-2-10-13(19-20-14(10)17-3-1)11-8-16-9-12(18-11)21-6-4-15-5-7-21/h1-3,8-9,15H,4-7H2,(H,17,19,20). The van der Waals surface area contributed by atoms with Gasteiger partial charge in [-0.05, 0) is 12.1 Å². The third kappa shape index (κ3) is 2.21. The second kappa shape index (κ2) is 5.10. The van der Waals surface area contributed by atoms with Crippen LogP contribution in [0.3, 0.4) is 0 Å². The normalized spacial score (nSPS) is 15.5. The van der Waals surface area contributed by atoms with Crippen LogP contribution in [-0.4, -0.2) is 51.3 Å². The molecule has 106 valence electrons. The van der Waals surface area contributed by atoms with Gasteiger partial charge in [0.1, 0.15) is 11.5 Å². The van der Waals surface area contributed by atoms with E-state index in [2.05, 4.69) is 30.4 Å². The molecule has 1 aliphatic rings. The predicted molar refractivity (Wildman–Crippen MR) is 80.0 cm³/mol. The number of H-pyrrole nitrogens is 1. The Hall–Kier alpha value is -2.54. The maximum absolute atomic E-state index is 4.73. The van der Waals surface area contributed by atoms with Crippen molar-refractivity contribution in [2.45, 2.75) is 0 Å². The van der Waals surface area contributed by atoms with Crippen LogP contribution in [-0.2, 0) is 0 Å². The molecule has 3 aromatic rings. The Morgan fingerprint density at radius 1 is 1.14 bits per heavy atom. The van der Waals surface area contributed by atoms with Crippen LogP contribution in [0.1, 0.15) is 0 Å². The number of anilines is 1. The molecule has 4 rings (SSSR count). The fraction of sp³-hybridized carbons (Fsp3) is 0.286. The molecule has 21 heavy (non-hydrogen) atoms. The molecule has 2 N–H and O–H groups in total. The molecular weight excluding hydrogens is 266 g/mol. The summed E-state index contributed by atoms with van der Waals surface area (Å²) in [5, 5.41) is 11.5. The second-order valence-corrected chi connectivity index (χ2v) is 4.97. The van der Waals surface area contributed by atoms with E-state index in [0.29, 0.717) is 5.65 Å². The first kappa shape index (κ1) is 12.2. The molecule has 0 aromatic carbocycles. The Labute approximate surface area is 121 Å². The number of nitrogens with zero attached hydrogens (tertiary/aromatic N) is 5. The summed E-state index contributed by atoms with van der Waals surface area (Å²) in [5.41, 5.74) is 2.35. The Bertz CT molecular complexity index is 761. The van der Waals surface area contributed by atoms with E-state index in [4.69, 9.17) is 4.98 Å². The number of fused-ring (bicyclic) bond motifs is 1. The van der Waals surface area contributed by atoms with Crippen LogP contribution in [0.25, 0.3) is 22.4 Å². The summed E-state index contributed by atoms with van der Waals surface area (Å²) in [6, 6.07) is 3.88. The van der Waals surface area contributed by atoms with Crippen molar-refractivity contribution in [3.8, 4) is 11.4 Å². The van der Waals surface area contributed by atoms with Gasteiger partial charge in [0, 0.05) is 37.8 Å². The maximum atomic E-state index is 4.73. The zero-order valence-corrected chi connectivity index (χ0v) is 11.5. The molecule has 7 heteroatoms. The van der Waals surface area contributed by atoms with Crippen LogP contribution in [0.4, 0.5) is 5.82 Å². The fourth-order valence-electron chi connectivity index (χ4n) is 2.57. The van der Waals surface area contributed by atoms with Crippen molar-refractivity contribution in [1.82, 2.24) is 30.5 Å². The number of rotatable bonds is 2. The molecule has 3 aromatic heterocycles. The summed E-state index contributed by atoms with van der Waals surface area (Å²) in [6.07, 6.45) is 5.30. The van der Waals surface area contributed by atoms with E-state index in [9.17, 15) is 0 Å². The van der Waals surface area contributed by atoms with Crippen LogP contribution in [0, 0.1) is 0 Å². The Morgan fingerprint density at radius 3 is 2.95 bits per heavy atom. The molecular formula is C14H15N7. The van der Waals surface area contributed by atoms with Gasteiger partial charge in [-0.15, -0.1) is 0 Å². The highest BCUT2D eigenvalue weighted by atomic mass is 15.2. The van der Waals surface area contributed by atoms with Gasteiger partial charge in [0.15, 0.2) is 5.65 Å². The highest BCUT2D eigenvalue weighted by molar-refractivity contribution is 5.89. The van der Waals surface area contributed by atoms with E-state index in [1.54, 1.807) is 12.4 Å². The van der Waals surface area contributed by atoms with Crippen LogP contribution in [0.5, 0.6) is 0 Å².